The lowest BCUT2D eigenvalue weighted by molar-refractivity contribution is 0.341. The Morgan fingerprint density at radius 2 is 1.89 bits per heavy atom. The summed E-state index contributed by atoms with van der Waals surface area (Å²) in [6.45, 7) is 1.49. The molecule has 19 heavy (non-hydrogen) atoms. The fourth-order valence-electron chi connectivity index (χ4n) is 1.20. The predicted octanol–water partition coefficient (Wildman–Crippen LogP) is 0.801. The number of hydrogen-bond donors (Lipinski definition) is 1. The highest BCUT2D eigenvalue weighted by molar-refractivity contribution is 7.91. The molecule has 1 rings (SSSR count). The second-order valence-electron chi connectivity index (χ2n) is 3.72. The Morgan fingerprint density at radius 3 is 2.37 bits per heavy atom. The van der Waals surface area contributed by atoms with Crippen molar-refractivity contribution in [1.29, 1.82) is 0 Å². The van der Waals surface area contributed by atoms with Gasteiger partial charge in [0.2, 0.25) is 10.0 Å². The van der Waals surface area contributed by atoms with Gasteiger partial charge in [0.25, 0.3) is 0 Å². The summed E-state index contributed by atoms with van der Waals surface area (Å²) in [6.07, 6.45) is 0. The van der Waals surface area contributed by atoms with Gasteiger partial charge in [0, 0.05) is 5.75 Å². The molecular formula is C10H14ClNO5S2. The van der Waals surface area contributed by atoms with E-state index < -0.39 is 19.9 Å². The summed E-state index contributed by atoms with van der Waals surface area (Å²) >= 11 is 5.82. The molecule has 0 aromatic heterocycles. The van der Waals surface area contributed by atoms with Gasteiger partial charge in [-0.3, -0.25) is 0 Å². The van der Waals surface area contributed by atoms with Crippen molar-refractivity contribution in [2.24, 2.45) is 5.14 Å². The zero-order valence-corrected chi connectivity index (χ0v) is 12.6. The maximum atomic E-state index is 11.3. The van der Waals surface area contributed by atoms with Crippen LogP contribution in [0.25, 0.3) is 0 Å². The van der Waals surface area contributed by atoms with Crippen LogP contribution in [0.1, 0.15) is 6.92 Å². The van der Waals surface area contributed by atoms with E-state index in [-0.39, 0.29) is 33.8 Å². The van der Waals surface area contributed by atoms with E-state index in [1.807, 2.05) is 0 Å². The predicted molar refractivity (Wildman–Crippen MR) is 72.6 cm³/mol. The second kappa shape index (κ2) is 6.08. The smallest absolute Gasteiger partial charge is 0.238 e. The number of primary sulfonamides is 1. The highest BCUT2D eigenvalue weighted by Gasteiger charge is 2.12. The molecule has 0 spiro atoms. The molecule has 6 nitrogen and oxygen atoms in total. The van der Waals surface area contributed by atoms with Crippen LogP contribution in [0.15, 0.2) is 23.1 Å². The van der Waals surface area contributed by atoms with E-state index in [1.54, 1.807) is 6.92 Å². The van der Waals surface area contributed by atoms with E-state index in [0.717, 1.165) is 6.07 Å². The van der Waals surface area contributed by atoms with Gasteiger partial charge in [-0.2, -0.15) is 0 Å². The molecular weight excluding hydrogens is 314 g/mol. The molecule has 0 unspecified atom stereocenters. The summed E-state index contributed by atoms with van der Waals surface area (Å²) in [5.41, 5.74) is 0. The average molecular weight is 328 g/mol. The maximum absolute atomic E-state index is 11.3. The molecule has 0 fully saturated rings. The van der Waals surface area contributed by atoms with Crippen molar-refractivity contribution in [2.75, 3.05) is 18.1 Å². The van der Waals surface area contributed by atoms with Crippen LogP contribution in [-0.4, -0.2) is 34.9 Å². The lowest BCUT2D eigenvalue weighted by Crippen LogP contribution is -2.16. The molecule has 0 aliphatic heterocycles. The molecule has 0 bridgehead atoms. The van der Waals surface area contributed by atoms with Gasteiger partial charge in [-0.25, -0.2) is 22.0 Å². The third-order valence-electron chi connectivity index (χ3n) is 2.32. The molecule has 0 aliphatic carbocycles. The SMILES string of the molecule is CCS(=O)(=O)CCOc1ccc(S(N)(=O)=O)cc1Cl. The summed E-state index contributed by atoms with van der Waals surface area (Å²) in [6, 6.07) is 3.73. The summed E-state index contributed by atoms with van der Waals surface area (Å²) in [5.74, 6) is 0.117. The first-order valence-corrected chi connectivity index (χ1v) is 9.06. The van der Waals surface area contributed by atoms with Crippen LogP contribution < -0.4 is 9.88 Å². The largest absolute Gasteiger partial charge is 0.491 e. The van der Waals surface area contributed by atoms with E-state index in [1.165, 1.54) is 12.1 Å². The molecule has 2 N–H and O–H groups in total. The third kappa shape index (κ3) is 4.98. The van der Waals surface area contributed by atoms with E-state index in [9.17, 15) is 16.8 Å². The minimum atomic E-state index is -3.83. The molecule has 0 saturated carbocycles. The summed E-state index contributed by atoms with van der Waals surface area (Å²) in [4.78, 5) is -0.133. The van der Waals surface area contributed by atoms with Crippen molar-refractivity contribution in [3.63, 3.8) is 0 Å². The lowest BCUT2D eigenvalue weighted by Gasteiger charge is -2.08. The molecule has 0 atom stereocenters. The standard InChI is InChI=1S/C10H14ClNO5S2/c1-2-18(13,14)6-5-17-10-4-3-8(7-9(10)11)19(12,15)16/h3-4,7H,2,5-6H2,1H3,(H2,12,15,16). The Morgan fingerprint density at radius 1 is 1.26 bits per heavy atom. The Hall–Kier alpha value is -0.830. The quantitative estimate of drug-likeness (QED) is 0.832. The number of hydrogen-bond acceptors (Lipinski definition) is 5. The molecule has 0 radical (unpaired) electrons. The topological polar surface area (TPSA) is 104 Å². The minimum Gasteiger partial charge on any atom is -0.491 e. The average Bonchev–Trinajstić information content (AvgIpc) is 2.30. The van der Waals surface area contributed by atoms with Crippen molar-refractivity contribution in [2.45, 2.75) is 11.8 Å². The summed E-state index contributed by atoms with van der Waals surface area (Å²) in [5, 5.41) is 5.00. The van der Waals surface area contributed by atoms with Crippen LogP contribution in [0, 0.1) is 0 Å². The highest BCUT2D eigenvalue weighted by Crippen LogP contribution is 2.26. The highest BCUT2D eigenvalue weighted by atomic mass is 35.5. The Kier molecular flexibility index (Phi) is 5.19. The number of halogens is 1. The molecule has 0 saturated heterocycles. The van der Waals surface area contributed by atoms with Gasteiger partial charge in [-0.15, -0.1) is 0 Å². The molecule has 0 heterocycles. The van der Waals surface area contributed by atoms with Crippen LogP contribution in [0.2, 0.25) is 5.02 Å². The fraction of sp³-hybridized carbons (Fsp3) is 0.400. The van der Waals surface area contributed by atoms with Gasteiger partial charge in [-0.1, -0.05) is 18.5 Å². The van der Waals surface area contributed by atoms with E-state index in [0.29, 0.717) is 0 Å². The number of rotatable bonds is 6. The zero-order valence-electron chi connectivity index (χ0n) is 10.2. The molecule has 9 heteroatoms. The van der Waals surface area contributed by atoms with E-state index in [2.05, 4.69) is 0 Å². The Bertz CT molecular complexity index is 654. The lowest BCUT2D eigenvalue weighted by atomic mass is 10.3. The van der Waals surface area contributed by atoms with Crippen molar-refractivity contribution in [1.82, 2.24) is 0 Å². The first-order valence-electron chi connectivity index (χ1n) is 5.31. The second-order valence-corrected chi connectivity index (χ2v) is 8.16. The van der Waals surface area contributed by atoms with Crippen LogP contribution in [0.5, 0.6) is 5.75 Å². The summed E-state index contributed by atoms with van der Waals surface area (Å²) in [7, 11) is -6.94. The van der Waals surface area contributed by atoms with Crippen LogP contribution >= 0.6 is 11.6 Å². The molecule has 108 valence electrons. The Balaban J connectivity index is 2.77. The summed E-state index contributed by atoms with van der Waals surface area (Å²) < 4.78 is 49.9. The fourth-order valence-corrected chi connectivity index (χ4v) is 2.66. The number of nitrogens with two attached hydrogens (primary N) is 1. The number of benzene rings is 1. The van der Waals surface area contributed by atoms with Gasteiger partial charge in [0.15, 0.2) is 9.84 Å². The maximum Gasteiger partial charge on any atom is 0.238 e. The van der Waals surface area contributed by atoms with Crippen molar-refractivity contribution in [3.8, 4) is 5.75 Å². The Labute approximate surface area is 117 Å². The first-order chi connectivity index (χ1) is 8.65. The van der Waals surface area contributed by atoms with Gasteiger partial charge < -0.3 is 4.74 Å². The number of sulfone groups is 1. The van der Waals surface area contributed by atoms with Crippen LogP contribution in [0.3, 0.4) is 0 Å². The number of ether oxygens (including phenoxy) is 1. The van der Waals surface area contributed by atoms with Gasteiger partial charge in [0.1, 0.15) is 12.4 Å². The zero-order chi connectivity index (χ0) is 14.7. The molecule has 1 aromatic carbocycles. The number of sulfonamides is 1. The molecule has 0 amide bonds. The van der Waals surface area contributed by atoms with Gasteiger partial charge >= 0.3 is 0 Å². The van der Waals surface area contributed by atoms with Crippen LogP contribution in [-0.2, 0) is 19.9 Å². The monoisotopic (exact) mass is 327 g/mol. The van der Waals surface area contributed by atoms with Crippen molar-refractivity contribution in [3.05, 3.63) is 23.2 Å². The third-order valence-corrected chi connectivity index (χ3v) is 5.20. The van der Waals surface area contributed by atoms with Crippen molar-refractivity contribution >= 4 is 31.5 Å². The van der Waals surface area contributed by atoms with Crippen molar-refractivity contribution < 1.29 is 21.6 Å². The van der Waals surface area contributed by atoms with Gasteiger partial charge in [0.05, 0.1) is 15.7 Å². The van der Waals surface area contributed by atoms with E-state index in [4.69, 9.17) is 21.5 Å². The van der Waals surface area contributed by atoms with Crippen LogP contribution in [0.4, 0.5) is 0 Å². The minimum absolute atomic E-state index is 0.0362. The van der Waals surface area contributed by atoms with E-state index >= 15 is 0 Å². The van der Waals surface area contributed by atoms with Gasteiger partial charge in [-0.05, 0) is 18.2 Å². The molecule has 0 aliphatic rings. The molecule has 1 aromatic rings. The first kappa shape index (κ1) is 16.2. The normalized spacial score (nSPS) is 12.4.